The molecule has 0 unspecified atom stereocenters. The number of nitrogens with one attached hydrogen (secondary N) is 1. The first-order chi connectivity index (χ1) is 13.0. The fraction of sp³-hybridized carbons (Fsp3) is 0.579. The van der Waals surface area contributed by atoms with Gasteiger partial charge in [-0.3, -0.25) is 9.69 Å². The predicted octanol–water partition coefficient (Wildman–Crippen LogP) is 2.17. The lowest BCUT2D eigenvalue weighted by Crippen LogP contribution is -2.61. The van der Waals surface area contributed by atoms with E-state index in [0.29, 0.717) is 12.4 Å². The van der Waals surface area contributed by atoms with Crippen LogP contribution in [0.3, 0.4) is 0 Å². The van der Waals surface area contributed by atoms with Gasteiger partial charge in [0.05, 0.1) is 23.8 Å². The Labute approximate surface area is 162 Å². The Kier molecular flexibility index (Phi) is 5.42. The maximum Gasteiger partial charge on any atom is 0.401 e. The molecule has 1 fully saturated rings. The average molecular weight is 397 g/mol. The SMILES string of the molecule is Cc1cccn2c(C(C)(C)NC(=O)[C@@H]3CN(C)CCN3CC(F)(F)F)ncc12. The highest BCUT2D eigenvalue weighted by atomic mass is 19.4. The monoisotopic (exact) mass is 397 g/mol. The number of aryl methyl sites for hydroxylation is 1. The van der Waals surface area contributed by atoms with Crippen LogP contribution in [0.4, 0.5) is 13.2 Å². The quantitative estimate of drug-likeness (QED) is 0.859. The van der Waals surface area contributed by atoms with E-state index in [0.717, 1.165) is 11.1 Å². The van der Waals surface area contributed by atoms with Gasteiger partial charge in [0, 0.05) is 25.8 Å². The van der Waals surface area contributed by atoms with Gasteiger partial charge in [-0.05, 0) is 39.4 Å². The molecule has 3 rings (SSSR count). The molecule has 0 aromatic carbocycles. The molecule has 2 aromatic rings. The Morgan fingerprint density at radius 1 is 1.32 bits per heavy atom. The van der Waals surface area contributed by atoms with Crippen molar-refractivity contribution in [3.8, 4) is 0 Å². The molecule has 3 heterocycles. The maximum absolute atomic E-state index is 13.0. The number of nitrogens with zero attached hydrogens (tertiary/aromatic N) is 4. The van der Waals surface area contributed by atoms with E-state index in [1.165, 1.54) is 4.90 Å². The Balaban J connectivity index is 1.83. The second kappa shape index (κ2) is 7.36. The molecule has 1 aliphatic rings. The van der Waals surface area contributed by atoms with E-state index in [2.05, 4.69) is 10.3 Å². The lowest BCUT2D eigenvalue weighted by molar-refractivity contribution is -0.160. The van der Waals surface area contributed by atoms with Gasteiger partial charge in [-0.15, -0.1) is 0 Å². The predicted molar refractivity (Wildman–Crippen MR) is 100 cm³/mol. The van der Waals surface area contributed by atoms with Crippen molar-refractivity contribution >= 4 is 11.4 Å². The molecular weight excluding hydrogens is 371 g/mol. The van der Waals surface area contributed by atoms with Gasteiger partial charge < -0.3 is 14.6 Å². The summed E-state index contributed by atoms with van der Waals surface area (Å²) in [6.45, 7) is 5.43. The number of halogens is 3. The number of pyridine rings is 1. The summed E-state index contributed by atoms with van der Waals surface area (Å²) in [5.74, 6) is 0.205. The molecular formula is C19H26F3N5O. The van der Waals surface area contributed by atoms with E-state index in [-0.39, 0.29) is 13.1 Å². The van der Waals surface area contributed by atoms with Gasteiger partial charge in [0.25, 0.3) is 0 Å². The van der Waals surface area contributed by atoms with E-state index >= 15 is 0 Å². The number of carbonyl (C=O) groups is 1. The number of hydrogen-bond acceptors (Lipinski definition) is 4. The van der Waals surface area contributed by atoms with Crippen LogP contribution in [-0.4, -0.2) is 70.5 Å². The number of rotatable bonds is 4. The van der Waals surface area contributed by atoms with Gasteiger partial charge in [0.1, 0.15) is 11.9 Å². The summed E-state index contributed by atoms with van der Waals surface area (Å²) in [5, 5.41) is 2.92. The number of carbonyl (C=O) groups excluding carboxylic acids is 1. The largest absolute Gasteiger partial charge is 0.401 e. The van der Waals surface area contributed by atoms with E-state index in [9.17, 15) is 18.0 Å². The van der Waals surface area contributed by atoms with Crippen LogP contribution < -0.4 is 5.32 Å². The van der Waals surface area contributed by atoms with Crippen molar-refractivity contribution < 1.29 is 18.0 Å². The zero-order chi connectivity index (χ0) is 20.7. The van der Waals surface area contributed by atoms with Crippen LogP contribution >= 0.6 is 0 Å². The molecule has 0 radical (unpaired) electrons. The summed E-state index contributed by atoms with van der Waals surface area (Å²) >= 11 is 0. The number of aromatic nitrogens is 2. The van der Waals surface area contributed by atoms with Crippen LogP contribution in [-0.2, 0) is 10.3 Å². The van der Waals surface area contributed by atoms with Crippen molar-refractivity contribution in [2.45, 2.75) is 38.5 Å². The van der Waals surface area contributed by atoms with Crippen molar-refractivity contribution in [3.63, 3.8) is 0 Å². The summed E-state index contributed by atoms with van der Waals surface area (Å²) < 4.78 is 40.7. The third kappa shape index (κ3) is 4.30. The number of amides is 1. The first kappa shape index (κ1) is 20.6. The highest BCUT2D eigenvalue weighted by Gasteiger charge is 2.40. The molecule has 0 bridgehead atoms. The second-order valence-electron chi connectivity index (χ2n) is 8.01. The van der Waals surface area contributed by atoms with Crippen LogP contribution in [0.2, 0.25) is 0 Å². The molecule has 2 aromatic heterocycles. The van der Waals surface area contributed by atoms with Gasteiger partial charge in [-0.2, -0.15) is 13.2 Å². The molecule has 1 atom stereocenters. The van der Waals surface area contributed by atoms with Crippen LogP contribution in [0.25, 0.3) is 5.52 Å². The molecule has 1 N–H and O–H groups in total. The average Bonchev–Trinajstić information content (AvgIpc) is 3.01. The summed E-state index contributed by atoms with van der Waals surface area (Å²) in [4.78, 5) is 20.5. The van der Waals surface area contributed by atoms with Crippen LogP contribution in [0.15, 0.2) is 24.5 Å². The van der Waals surface area contributed by atoms with Gasteiger partial charge in [-0.1, -0.05) is 6.07 Å². The minimum absolute atomic E-state index is 0.194. The molecule has 0 aliphatic carbocycles. The number of piperazine rings is 1. The van der Waals surface area contributed by atoms with E-state index in [4.69, 9.17) is 0 Å². The summed E-state index contributed by atoms with van der Waals surface area (Å²) in [6.07, 6.45) is -0.743. The Morgan fingerprint density at radius 3 is 2.71 bits per heavy atom. The lowest BCUT2D eigenvalue weighted by Gasteiger charge is -2.40. The molecule has 1 saturated heterocycles. The highest BCUT2D eigenvalue weighted by molar-refractivity contribution is 5.83. The molecule has 28 heavy (non-hydrogen) atoms. The molecule has 0 spiro atoms. The Hall–Kier alpha value is -2.13. The van der Waals surface area contributed by atoms with E-state index in [1.807, 2.05) is 48.4 Å². The van der Waals surface area contributed by atoms with E-state index in [1.54, 1.807) is 13.2 Å². The minimum Gasteiger partial charge on any atom is -0.343 e. The minimum atomic E-state index is -4.35. The number of likely N-dealkylation sites (N-methyl/N-ethyl adjacent to an activating group) is 1. The highest BCUT2D eigenvalue weighted by Crippen LogP contribution is 2.24. The van der Waals surface area contributed by atoms with E-state index < -0.39 is 30.2 Å². The van der Waals surface area contributed by atoms with Crippen LogP contribution in [0.5, 0.6) is 0 Å². The number of alkyl halides is 3. The number of fused-ring (bicyclic) bond motifs is 1. The third-order valence-electron chi connectivity index (χ3n) is 5.16. The third-order valence-corrected chi connectivity index (χ3v) is 5.16. The van der Waals surface area contributed by atoms with Crippen LogP contribution in [0, 0.1) is 6.92 Å². The standard InChI is InChI=1S/C19H26F3N5O/c1-13-6-5-7-27-14(13)10-23-17(27)18(2,3)24-16(28)15-11-25(4)8-9-26(15)12-19(20,21)22/h5-7,10,15H,8-9,11-12H2,1-4H3,(H,24,28)/t15-/m0/s1. The normalized spacial score (nSPS) is 19.9. The van der Waals surface area contributed by atoms with Crippen molar-refractivity contribution in [3.05, 3.63) is 35.9 Å². The Morgan fingerprint density at radius 2 is 2.04 bits per heavy atom. The maximum atomic E-state index is 13.0. The second-order valence-corrected chi connectivity index (χ2v) is 8.01. The van der Waals surface area contributed by atoms with Gasteiger partial charge in [-0.25, -0.2) is 4.98 Å². The zero-order valence-corrected chi connectivity index (χ0v) is 16.5. The lowest BCUT2D eigenvalue weighted by atomic mass is 10.0. The number of hydrogen-bond donors (Lipinski definition) is 1. The summed E-state index contributed by atoms with van der Waals surface area (Å²) in [6, 6.07) is 3.00. The van der Waals surface area contributed by atoms with Crippen molar-refractivity contribution in [1.82, 2.24) is 24.5 Å². The topological polar surface area (TPSA) is 52.9 Å². The molecule has 9 heteroatoms. The number of imidazole rings is 1. The molecule has 1 aliphatic heterocycles. The molecule has 154 valence electrons. The van der Waals surface area contributed by atoms with Gasteiger partial charge in [0.15, 0.2) is 0 Å². The smallest absolute Gasteiger partial charge is 0.343 e. The molecule has 6 nitrogen and oxygen atoms in total. The zero-order valence-electron chi connectivity index (χ0n) is 16.5. The summed E-state index contributed by atoms with van der Waals surface area (Å²) in [7, 11) is 1.81. The van der Waals surface area contributed by atoms with Gasteiger partial charge in [0.2, 0.25) is 5.91 Å². The van der Waals surface area contributed by atoms with Crippen LogP contribution in [0.1, 0.15) is 25.2 Å². The first-order valence-corrected chi connectivity index (χ1v) is 9.22. The fourth-order valence-electron chi connectivity index (χ4n) is 3.70. The molecule has 0 saturated carbocycles. The van der Waals surface area contributed by atoms with Gasteiger partial charge >= 0.3 is 6.18 Å². The van der Waals surface area contributed by atoms with Crippen molar-refractivity contribution in [1.29, 1.82) is 0 Å². The Bertz CT molecular complexity index is 861. The van der Waals surface area contributed by atoms with Crippen molar-refractivity contribution in [2.75, 3.05) is 33.2 Å². The molecule has 1 amide bonds. The fourth-order valence-corrected chi connectivity index (χ4v) is 3.70. The summed E-state index contributed by atoms with van der Waals surface area (Å²) in [5.41, 5.74) is 1.13. The van der Waals surface area contributed by atoms with Crippen molar-refractivity contribution in [2.24, 2.45) is 0 Å². The first-order valence-electron chi connectivity index (χ1n) is 9.22.